The number of hydrogen-bond acceptors (Lipinski definition) is 3. The summed E-state index contributed by atoms with van der Waals surface area (Å²) in [5.74, 6) is -0.433. The minimum atomic E-state index is -0.433. The zero-order valence-corrected chi connectivity index (χ0v) is 11.5. The van der Waals surface area contributed by atoms with Gasteiger partial charge in [-0.2, -0.15) is 0 Å². The van der Waals surface area contributed by atoms with Crippen LogP contribution in [0, 0.1) is 5.82 Å². The second-order valence-corrected chi connectivity index (χ2v) is 4.51. The highest BCUT2D eigenvalue weighted by Crippen LogP contribution is 2.29. The SMILES string of the molecule is Cl.OC[C@H](c1cccc(F)c1Cl)N1CCNCC1. The molecule has 0 aromatic heterocycles. The fourth-order valence-corrected chi connectivity index (χ4v) is 2.43. The molecule has 3 nitrogen and oxygen atoms in total. The summed E-state index contributed by atoms with van der Waals surface area (Å²) < 4.78 is 13.4. The van der Waals surface area contributed by atoms with Crippen LogP contribution in [0.15, 0.2) is 18.2 Å². The quantitative estimate of drug-likeness (QED) is 0.893. The number of aliphatic hydroxyl groups is 1. The zero-order valence-electron chi connectivity index (χ0n) is 9.90. The van der Waals surface area contributed by atoms with Gasteiger partial charge in [-0.15, -0.1) is 12.4 Å². The molecule has 0 radical (unpaired) electrons. The first-order valence-corrected chi connectivity index (χ1v) is 6.11. The molecule has 1 aromatic carbocycles. The van der Waals surface area contributed by atoms with Crippen LogP contribution in [0.5, 0.6) is 0 Å². The molecule has 1 atom stereocenters. The Morgan fingerprint density at radius 3 is 2.67 bits per heavy atom. The molecule has 0 aliphatic carbocycles. The molecule has 18 heavy (non-hydrogen) atoms. The van der Waals surface area contributed by atoms with Crippen LogP contribution in [0.3, 0.4) is 0 Å². The number of piperazine rings is 1. The highest BCUT2D eigenvalue weighted by molar-refractivity contribution is 6.31. The van der Waals surface area contributed by atoms with E-state index >= 15 is 0 Å². The fourth-order valence-electron chi connectivity index (χ4n) is 2.18. The summed E-state index contributed by atoms with van der Waals surface area (Å²) in [5.41, 5.74) is 0.663. The van der Waals surface area contributed by atoms with Crippen LogP contribution < -0.4 is 5.32 Å². The number of halogens is 3. The van der Waals surface area contributed by atoms with E-state index in [0.29, 0.717) is 5.56 Å². The molecule has 6 heteroatoms. The number of hydrogen-bond donors (Lipinski definition) is 2. The lowest BCUT2D eigenvalue weighted by molar-refractivity contribution is 0.110. The summed E-state index contributed by atoms with van der Waals surface area (Å²) in [4.78, 5) is 2.12. The van der Waals surface area contributed by atoms with Gasteiger partial charge in [0.2, 0.25) is 0 Å². The Hall–Kier alpha value is -0.390. The maximum Gasteiger partial charge on any atom is 0.142 e. The fraction of sp³-hybridized carbons (Fsp3) is 0.500. The van der Waals surface area contributed by atoms with Crippen molar-refractivity contribution in [2.45, 2.75) is 6.04 Å². The highest BCUT2D eigenvalue weighted by Gasteiger charge is 2.24. The van der Waals surface area contributed by atoms with Gasteiger partial charge in [0.05, 0.1) is 17.7 Å². The Morgan fingerprint density at radius 2 is 2.06 bits per heavy atom. The highest BCUT2D eigenvalue weighted by atomic mass is 35.5. The molecule has 2 N–H and O–H groups in total. The van der Waals surface area contributed by atoms with E-state index in [-0.39, 0.29) is 30.1 Å². The molecule has 1 aromatic rings. The lowest BCUT2D eigenvalue weighted by Gasteiger charge is -2.34. The van der Waals surface area contributed by atoms with Crippen molar-refractivity contribution in [1.82, 2.24) is 10.2 Å². The molecule has 0 amide bonds. The van der Waals surface area contributed by atoms with Gasteiger partial charge in [0, 0.05) is 26.2 Å². The van der Waals surface area contributed by atoms with Gasteiger partial charge >= 0.3 is 0 Å². The molecule has 1 aliphatic rings. The van der Waals surface area contributed by atoms with E-state index in [1.807, 2.05) is 0 Å². The van der Waals surface area contributed by atoms with Gasteiger partial charge in [-0.25, -0.2) is 4.39 Å². The van der Waals surface area contributed by atoms with E-state index in [1.165, 1.54) is 6.07 Å². The summed E-state index contributed by atoms with van der Waals surface area (Å²) in [5, 5.41) is 12.9. The van der Waals surface area contributed by atoms with Crippen molar-refractivity contribution in [2.75, 3.05) is 32.8 Å². The molecule has 0 spiro atoms. The average Bonchev–Trinajstić information content (AvgIpc) is 2.37. The van der Waals surface area contributed by atoms with E-state index in [1.54, 1.807) is 12.1 Å². The second kappa shape index (κ2) is 7.26. The van der Waals surface area contributed by atoms with Crippen molar-refractivity contribution < 1.29 is 9.50 Å². The molecular formula is C12H17Cl2FN2O. The predicted octanol–water partition coefficient (Wildman–Crippen LogP) is 1.84. The van der Waals surface area contributed by atoms with Gasteiger partial charge in [-0.1, -0.05) is 23.7 Å². The summed E-state index contributed by atoms with van der Waals surface area (Å²) in [6.45, 7) is 3.37. The number of rotatable bonds is 3. The largest absolute Gasteiger partial charge is 0.394 e. The van der Waals surface area contributed by atoms with Crippen LogP contribution in [0.4, 0.5) is 4.39 Å². The molecule has 2 rings (SSSR count). The summed E-state index contributed by atoms with van der Waals surface area (Å²) in [6.07, 6.45) is 0. The Balaban J connectivity index is 0.00000162. The average molecular weight is 295 g/mol. The standard InChI is InChI=1S/C12H16ClFN2O.ClH/c13-12-9(2-1-3-10(12)14)11(8-17)16-6-4-15-5-7-16;/h1-3,11,15,17H,4-8H2;1H/t11-;/m1./s1. The molecular weight excluding hydrogens is 278 g/mol. The van der Waals surface area contributed by atoms with E-state index in [4.69, 9.17) is 11.6 Å². The Kier molecular flexibility index (Phi) is 6.32. The van der Waals surface area contributed by atoms with Crippen LogP contribution in [0.25, 0.3) is 0 Å². The van der Waals surface area contributed by atoms with Crippen molar-refractivity contribution in [1.29, 1.82) is 0 Å². The van der Waals surface area contributed by atoms with Gasteiger partial charge in [-0.3, -0.25) is 4.90 Å². The molecule has 0 bridgehead atoms. The van der Waals surface area contributed by atoms with E-state index in [2.05, 4.69) is 10.2 Å². The smallest absolute Gasteiger partial charge is 0.142 e. The predicted molar refractivity (Wildman–Crippen MR) is 72.9 cm³/mol. The molecule has 1 saturated heterocycles. The number of aliphatic hydroxyl groups excluding tert-OH is 1. The third-order valence-electron chi connectivity index (χ3n) is 3.11. The van der Waals surface area contributed by atoms with Gasteiger partial charge in [0.1, 0.15) is 5.82 Å². The molecule has 1 heterocycles. The number of nitrogens with one attached hydrogen (secondary N) is 1. The first kappa shape index (κ1) is 15.7. The zero-order chi connectivity index (χ0) is 12.3. The molecule has 102 valence electrons. The Morgan fingerprint density at radius 1 is 1.39 bits per heavy atom. The van der Waals surface area contributed by atoms with Crippen molar-refractivity contribution in [2.24, 2.45) is 0 Å². The topological polar surface area (TPSA) is 35.5 Å². The lowest BCUT2D eigenvalue weighted by atomic mass is 10.0. The van der Waals surface area contributed by atoms with E-state index < -0.39 is 5.82 Å². The number of nitrogens with zero attached hydrogens (tertiary/aromatic N) is 1. The maximum atomic E-state index is 13.4. The lowest BCUT2D eigenvalue weighted by Crippen LogP contribution is -2.46. The normalized spacial score (nSPS) is 18.2. The maximum absolute atomic E-state index is 13.4. The summed E-state index contributed by atoms with van der Waals surface area (Å²) in [7, 11) is 0. The van der Waals surface area contributed by atoms with Gasteiger partial charge < -0.3 is 10.4 Å². The van der Waals surface area contributed by atoms with Crippen molar-refractivity contribution in [3.8, 4) is 0 Å². The minimum absolute atomic E-state index is 0. The minimum Gasteiger partial charge on any atom is -0.394 e. The third-order valence-corrected chi connectivity index (χ3v) is 3.50. The van der Waals surface area contributed by atoms with E-state index in [9.17, 15) is 9.50 Å². The van der Waals surface area contributed by atoms with Gasteiger partial charge in [0.15, 0.2) is 0 Å². The van der Waals surface area contributed by atoms with Crippen LogP contribution in [0.1, 0.15) is 11.6 Å². The van der Waals surface area contributed by atoms with Crippen LogP contribution in [0.2, 0.25) is 5.02 Å². The third kappa shape index (κ3) is 3.33. The van der Waals surface area contributed by atoms with Crippen LogP contribution in [-0.4, -0.2) is 42.8 Å². The van der Waals surface area contributed by atoms with Crippen LogP contribution >= 0.6 is 24.0 Å². The second-order valence-electron chi connectivity index (χ2n) is 4.13. The van der Waals surface area contributed by atoms with Crippen molar-refractivity contribution in [3.63, 3.8) is 0 Å². The molecule has 1 fully saturated rings. The van der Waals surface area contributed by atoms with Crippen molar-refractivity contribution in [3.05, 3.63) is 34.6 Å². The summed E-state index contributed by atoms with van der Waals surface area (Å²) >= 11 is 5.96. The van der Waals surface area contributed by atoms with Gasteiger partial charge in [0.25, 0.3) is 0 Å². The van der Waals surface area contributed by atoms with Crippen molar-refractivity contribution >= 4 is 24.0 Å². The summed E-state index contributed by atoms with van der Waals surface area (Å²) in [6, 6.07) is 4.51. The molecule has 0 saturated carbocycles. The number of benzene rings is 1. The molecule has 1 aliphatic heterocycles. The van der Waals surface area contributed by atoms with E-state index in [0.717, 1.165) is 26.2 Å². The first-order chi connectivity index (χ1) is 8.24. The molecule has 0 unspecified atom stereocenters. The van der Waals surface area contributed by atoms with Gasteiger partial charge in [-0.05, 0) is 11.6 Å². The Labute approximate surface area is 117 Å². The Bertz CT molecular complexity index is 386. The van der Waals surface area contributed by atoms with Crippen LogP contribution in [-0.2, 0) is 0 Å². The monoisotopic (exact) mass is 294 g/mol. The first-order valence-electron chi connectivity index (χ1n) is 5.73.